The van der Waals surface area contributed by atoms with Crippen molar-refractivity contribution in [1.82, 2.24) is 0 Å². The Balaban J connectivity index is 2.43. The summed E-state index contributed by atoms with van der Waals surface area (Å²) in [7, 11) is 0. The zero-order chi connectivity index (χ0) is 17.0. The van der Waals surface area contributed by atoms with Gasteiger partial charge in [-0.25, -0.2) is 4.79 Å². The number of rotatable bonds is 5. The summed E-state index contributed by atoms with van der Waals surface area (Å²) in [4.78, 5) is 33.8. The van der Waals surface area contributed by atoms with Crippen LogP contribution in [0.4, 0.5) is 11.4 Å². The zero-order valence-electron chi connectivity index (χ0n) is 12.3. The van der Waals surface area contributed by atoms with Gasteiger partial charge < -0.3 is 10.4 Å². The van der Waals surface area contributed by atoms with Gasteiger partial charge in [-0.15, -0.1) is 0 Å². The summed E-state index contributed by atoms with van der Waals surface area (Å²) in [6.07, 6.45) is 0.678. The molecule has 0 saturated heterocycles. The molecule has 0 bridgehead atoms. The third-order valence-corrected chi connectivity index (χ3v) is 3.34. The van der Waals surface area contributed by atoms with E-state index in [0.717, 1.165) is 23.8 Å². The van der Waals surface area contributed by atoms with Gasteiger partial charge in [0.15, 0.2) is 0 Å². The molecule has 0 saturated carbocycles. The van der Waals surface area contributed by atoms with Gasteiger partial charge in [0.05, 0.1) is 16.1 Å². The van der Waals surface area contributed by atoms with Crippen LogP contribution in [0.5, 0.6) is 0 Å². The number of aromatic carboxylic acids is 1. The number of benzene rings is 2. The normalized spacial score (nSPS) is 10.1. The third kappa shape index (κ3) is 3.52. The molecule has 0 spiro atoms. The fourth-order valence-corrected chi connectivity index (χ4v) is 2.16. The first kappa shape index (κ1) is 16.2. The Bertz CT molecular complexity index is 786. The van der Waals surface area contributed by atoms with Gasteiger partial charge in [0, 0.05) is 17.8 Å². The van der Waals surface area contributed by atoms with Gasteiger partial charge in [0.2, 0.25) is 0 Å². The summed E-state index contributed by atoms with van der Waals surface area (Å²) in [5.41, 5.74) is 0.537. The molecule has 0 atom stereocenters. The van der Waals surface area contributed by atoms with Crippen LogP contribution >= 0.6 is 0 Å². The number of nitro benzene ring substituents is 1. The van der Waals surface area contributed by atoms with Crippen molar-refractivity contribution in [1.29, 1.82) is 0 Å². The Kier molecular flexibility index (Phi) is 4.70. The number of non-ortho nitro benzene ring substituents is 1. The summed E-state index contributed by atoms with van der Waals surface area (Å²) < 4.78 is 0. The molecule has 7 heteroatoms. The SMILES string of the molecule is CCc1ccccc1NC(=O)c1cc([N+](=O)[O-])ccc1C(=O)O. The van der Waals surface area contributed by atoms with Gasteiger partial charge in [-0.05, 0) is 24.1 Å². The van der Waals surface area contributed by atoms with Crippen molar-refractivity contribution in [2.75, 3.05) is 5.32 Å². The van der Waals surface area contributed by atoms with E-state index >= 15 is 0 Å². The van der Waals surface area contributed by atoms with Crippen molar-refractivity contribution < 1.29 is 19.6 Å². The maximum Gasteiger partial charge on any atom is 0.336 e. The summed E-state index contributed by atoms with van der Waals surface area (Å²) >= 11 is 0. The largest absolute Gasteiger partial charge is 0.478 e. The Morgan fingerprint density at radius 2 is 1.87 bits per heavy atom. The van der Waals surface area contributed by atoms with Gasteiger partial charge in [-0.1, -0.05) is 25.1 Å². The third-order valence-electron chi connectivity index (χ3n) is 3.34. The fourth-order valence-electron chi connectivity index (χ4n) is 2.16. The van der Waals surface area contributed by atoms with E-state index in [1.807, 2.05) is 19.1 Å². The second-order valence-electron chi connectivity index (χ2n) is 4.76. The summed E-state index contributed by atoms with van der Waals surface area (Å²) in [5.74, 6) is -2.03. The lowest BCUT2D eigenvalue weighted by atomic mass is 10.0. The molecular formula is C16H14N2O5. The van der Waals surface area contributed by atoms with E-state index in [0.29, 0.717) is 12.1 Å². The molecule has 2 rings (SSSR count). The minimum atomic E-state index is -1.33. The number of hydrogen-bond donors (Lipinski definition) is 2. The van der Waals surface area contributed by atoms with Crippen LogP contribution in [0.2, 0.25) is 0 Å². The minimum absolute atomic E-state index is 0.252. The first-order chi connectivity index (χ1) is 10.9. The van der Waals surface area contributed by atoms with Crippen LogP contribution in [0.15, 0.2) is 42.5 Å². The lowest BCUT2D eigenvalue weighted by Gasteiger charge is -2.11. The molecular weight excluding hydrogens is 300 g/mol. The molecule has 0 unspecified atom stereocenters. The molecule has 0 heterocycles. The highest BCUT2D eigenvalue weighted by atomic mass is 16.6. The number of carbonyl (C=O) groups is 2. The van der Waals surface area contributed by atoms with Crippen LogP contribution in [-0.2, 0) is 6.42 Å². The Labute approximate surface area is 131 Å². The van der Waals surface area contributed by atoms with Crippen molar-refractivity contribution in [3.63, 3.8) is 0 Å². The first-order valence-corrected chi connectivity index (χ1v) is 6.85. The van der Waals surface area contributed by atoms with Crippen LogP contribution in [-0.4, -0.2) is 21.9 Å². The van der Waals surface area contributed by atoms with Crippen molar-refractivity contribution in [2.24, 2.45) is 0 Å². The van der Waals surface area contributed by atoms with Crippen LogP contribution in [0.25, 0.3) is 0 Å². The van der Waals surface area contributed by atoms with Crippen molar-refractivity contribution in [3.8, 4) is 0 Å². The van der Waals surface area contributed by atoms with Crippen molar-refractivity contribution in [3.05, 3.63) is 69.3 Å². The highest BCUT2D eigenvalue weighted by Crippen LogP contribution is 2.21. The van der Waals surface area contributed by atoms with Crippen molar-refractivity contribution >= 4 is 23.3 Å². The standard InChI is InChI=1S/C16H14N2O5/c1-2-10-5-3-4-6-14(10)17-15(19)13-9-11(18(22)23)7-8-12(13)16(20)21/h3-9H,2H2,1H3,(H,17,19)(H,20,21). The average Bonchev–Trinajstić information content (AvgIpc) is 2.54. The number of carboxylic acid groups (broad SMARTS) is 1. The lowest BCUT2D eigenvalue weighted by Crippen LogP contribution is -2.17. The Morgan fingerprint density at radius 3 is 2.48 bits per heavy atom. The van der Waals surface area contributed by atoms with E-state index in [9.17, 15) is 19.7 Å². The highest BCUT2D eigenvalue weighted by molar-refractivity contribution is 6.11. The molecule has 0 aliphatic carbocycles. The molecule has 0 aromatic heterocycles. The number of anilines is 1. The van der Waals surface area contributed by atoms with Crippen LogP contribution in [0.3, 0.4) is 0 Å². The quantitative estimate of drug-likeness (QED) is 0.651. The number of aryl methyl sites for hydroxylation is 1. The molecule has 23 heavy (non-hydrogen) atoms. The van der Waals surface area contributed by atoms with Crippen molar-refractivity contribution in [2.45, 2.75) is 13.3 Å². The van der Waals surface area contributed by atoms with E-state index in [1.54, 1.807) is 12.1 Å². The van der Waals surface area contributed by atoms with E-state index in [-0.39, 0.29) is 16.8 Å². The van der Waals surface area contributed by atoms with Gasteiger partial charge in [0.1, 0.15) is 0 Å². The number of nitrogens with one attached hydrogen (secondary N) is 1. The number of nitrogens with zero attached hydrogens (tertiary/aromatic N) is 1. The first-order valence-electron chi connectivity index (χ1n) is 6.85. The number of hydrogen-bond acceptors (Lipinski definition) is 4. The lowest BCUT2D eigenvalue weighted by molar-refractivity contribution is -0.384. The molecule has 118 valence electrons. The molecule has 2 aromatic rings. The van der Waals surface area contributed by atoms with E-state index in [2.05, 4.69) is 5.32 Å². The minimum Gasteiger partial charge on any atom is -0.478 e. The van der Waals surface area contributed by atoms with Crippen LogP contribution in [0.1, 0.15) is 33.2 Å². The topological polar surface area (TPSA) is 110 Å². The number of nitro groups is 1. The summed E-state index contributed by atoms with van der Waals surface area (Å²) in [6.45, 7) is 1.92. The summed E-state index contributed by atoms with van der Waals surface area (Å²) in [6, 6.07) is 10.2. The van der Waals surface area contributed by atoms with Gasteiger partial charge in [-0.3, -0.25) is 14.9 Å². The molecule has 2 aromatic carbocycles. The predicted octanol–water partition coefficient (Wildman–Crippen LogP) is 3.11. The smallest absolute Gasteiger partial charge is 0.336 e. The second-order valence-corrected chi connectivity index (χ2v) is 4.76. The molecule has 2 N–H and O–H groups in total. The van der Waals surface area contributed by atoms with Gasteiger partial charge >= 0.3 is 5.97 Å². The molecule has 0 radical (unpaired) electrons. The molecule has 7 nitrogen and oxygen atoms in total. The van der Waals surface area contributed by atoms with E-state index in [4.69, 9.17) is 5.11 Å². The number of para-hydroxylation sites is 1. The van der Waals surface area contributed by atoms with E-state index < -0.39 is 16.8 Å². The van der Waals surface area contributed by atoms with Gasteiger partial charge in [0.25, 0.3) is 11.6 Å². The molecule has 0 fully saturated rings. The van der Waals surface area contributed by atoms with E-state index in [1.165, 1.54) is 0 Å². The van der Waals surface area contributed by atoms with Crippen LogP contribution in [0, 0.1) is 10.1 Å². The number of amides is 1. The average molecular weight is 314 g/mol. The predicted molar refractivity (Wildman–Crippen MR) is 83.8 cm³/mol. The Hall–Kier alpha value is -3.22. The number of carbonyl (C=O) groups excluding carboxylic acids is 1. The van der Waals surface area contributed by atoms with Gasteiger partial charge in [-0.2, -0.15) is 0 Å². The molecule has 0 aliphatic rings. The maximum absolute atomic E-state index is 12.4. The monoisotopic (exact) mass is 314 g/mol. The second kappa shape index (κ2) is 6.69. The summed E-state index contributed by atoms with van der Waals surface area (Å²) in [5, 5.41) is 22.6. The maximum atomic E-state index is 12.4. The van der Waals surface area contributed by atoms with Crippen LogP contribution < -0.4 is 5.32 Å². The highest BCUT2D eigenvalue weighted by Gasteiger charge is 2.21. The zero-order valence-corrected chi connectivity index (χ0v) is 12.3. The number of carboxylic acids is 1. The Morgan fingerprint density at radius 1 is 1.17 bits per heavy atom. The molecule has 0 aliphatic heterocycles. The fraction of sp³-hybridized carbons (Fsp3) is 0.125. The molecule has 1 amide bonds.